The highest BCUT2D eigenvalue weighted by atomic mass is 16.3. The Hall–Kier alpha value is -0.870. The van der Waals surface area contributed by atoms with Gasteiger partial charge in [0, 0.05) is 6.42 Å². The van der Waals surface area contributed by atoms with Crippen molar-refractivity contribution in [1.29, 1.82) is 0 Å². The first-order chi connectivity index (χ1) is 23.7. The maximum absolute atomic E-state index is 12.4. The highest BCUT2D eigenvalue weighted by molar-refractivity contribution is 5.76. The highest BCUT2D eigenvalue weighted by Gasteiger charge is 2.20. The zero-order chi connectivity index (χ0) is 35.0. The van der Waals surface area contributed by atoms with E-state index >= 15 is 0 Å². The van der Waals surface area contributed by atoms with Crippen molar-refractivity contribution in [2.75, 3.05) is 6.61 Å². The Morgan fingerprint density at radius 1 is 0.479 bits per heavy atom. The van der Waals surface area contributed by atoms with Crippen LogP contribution >= 0.6 is 0 Å². The van der Waals surface area contributed by atoms with E-state index in [9.17, 15) is 15.0 Å². The molecule has 4 nitrogen and oxygen atoms in total. The first-order valence-corrected chi connectivity index (χ1v) is 21.9. The fourth-order valence-electron chi connectivity index (χ4n) is 6.89. The molecule has 0 aromatic heterocycles. The van der Waals surface area contributed by atoms with E-state index in [2.05, 4.69) is 31.3 Å². The lowest BCUT2D eigenvalue weighted by Gasteiger charge is -2.22. The molecule has 48 heavy (non-hydrogen) atoms. The molecule has 0 aromatic rings. The molecule has 0 bridgehead atoms. The topological polar surface area (TPSA) is 69.6 Å². The van der Waals surface area contributed by atoms with Crippen molar-refractivity contribution >= 4 is 5.91 Å². The van der Waals surface area contributed by atoms with Crippen molar-refractivity contribution < 1.29 is 15.0 Å². The molecule has 286 valence electrons. The largest absolute Gasteiger partial charge is 0.394 e. The van der Waals surface area contributed by atoms with Crippen molar-refractivity contribution in [3.63, 3.8) is 0 Å². The van der Waals surface area contributed by atoms with Gasteiger partial charge >= 0.3 is 0 Å². The molecule has 0 aliphatic carbocycles. The van der Waals surface area contributed by atoms with Crippen LogP contribution in [0.25, 0.3) is 0 Å². The summed E-state index contributed by atoms with van der Waals surface area (Å²) >= 11 is 0. The fraction of sp³-hybridized carbons (Fsp3) is 0.932. The summed E-state index contributed by atoms with van der Waals surface area (Å²) < 4.78 is 0. The Bertz CT molecular complexity index is 651. The van der Waals surface area contributed by atoms with E-state index in [0.717, 1.165) is 25.7 Å². The Kier molecular flexibility index (Phi) is 39.8. The van der Waals surface area contributed by atoms with Crippen molar-refractivity contribution in [3.8, 4) is 0 Å². The molecule has 3 N–H and O–H groups in total. The molecular weight excluding hydrogens is 590 g/mol. The molecule has 4 heteroatoms. The Morgan fingerprint density at radius 2 is 0.792 bits per heavy atom. The van der Waals surface area contributed by atoms with E-state index in [-0.39, 0.29) is 12.5 Å². The molecule has 0 fully saturated rings. The van der Waals surface area contributed by atoms with Crippen LogP contribution in [0.4, 0.5) is 0 Å². The van der Waals surface area contributed by atoms with Gasteiger partial charge in [0.25, 0.3) is 0 Å². The number of hydrogen-bond donors (Lipinski definition) is 3. The lowest BCUT2D eigenvalue weighted by Crippen LogP contribution is -2.45. The van der Waals surface area contributed by atoms with Crippen LogP contribution in [-0.4, -0.2) is 34.9 Å². The lowest BCUT2D eigenvalue weighted by molar-refractivity contribution is -0.123. The number of aliphatic hydroxyl groups excluding tert-OH is 2. The van der Waals surface area contributed by atoms with Gasteiger partial charge in [0.15, 0.2) is 0 Å². The van der Waals surface area contributed by atoms with Crippen LogP contribution in [0.5, 0.6) is 0 Å². The maximum Gasteiger partial charge on any atom is 0.220 e. The number of allylic oxidation sites excluding steroid dienone is 2. The van der Waals surface area contributed by atoms with Crippen LogP contribution in [-0.2, 0) is 4.79 Å². The molecular formula is C44H87NO3. The zero-order valence-corrected chi connectivity index (χ0v) is 32.8. The maximum atomic E-state index is 12.4. The van der Waals surface area contributed by atoms with E-state index < -0.39 is 12.1 Å². The minimum Gasteiger partial charge on any atom is -0.394 e. The molecule has 2 unspecified atom stereocenters. The Balaban J connectivity index is 3.47. The predicted molar refractivity (Wildman–Crippen MR) is 212 cm³/mol. The molecule has 0 spiro atoms. The van der Waals surface area contributed by atoms with Crippen molar-refractivity contribution in [2.24, 2.45) is 0 Å². The van der Waals surface area contributed by atoms with E-state index in [0.29, 0.717) is 12.8 Å². The second-order valence-corrected chi connectivity index (χ2v) is 15.1. The van der Waals surface area contributed by atoms with Gasteiger partial charge in [-0.1, -0.05) is 212 Å². The van der Waals surface area contributed by atoms with Crippen molar-refractivity contribution in [1.82, 2.24) is 5.32 Å². The summed E-state index contributed by atoms with van der Waals surface area (Å²) in [6.07, 6.45) is 50.1. The quantitative estimate of drug-likeness (QED) is 0.0446. The van der Waals surface area contributed by atoms with Crippen molar-refractivity contribution in [2.45, 2.75) is 257 Å². The molecule has 0 saturated heterocycles. The second kappa shape index (κ2) is 40.6. The van der Waals surface area contributed by atoms with Crippen LogP contribution in [0.2, 0.25) is 0 Å². The smallest absolute Gasteiger partial charge is 0.220 e. The number of amides is 1. The molecule has 1 amide bonds. The van der Waals surface area contributed by atoms with Crippen LogP contribution in [0.3, 0.4) is 0 Å². The number of rotatable bonds is 40. The molecule has 0 heterocycles. The third-order valence-corrected chi connectivity index (χ3v) is 10.3. The van der Waals surface area contributed by atoms with Crippen LogP contribution < -0.4 is 5.32 Å². The van der Waals surface area contributed by atoms with Crippen LogP contribution in [0, 0.1) is 0 Å². The van der Waals surface area contributed by atoms with E-state index in [1.807, 2.05) is 0 Å². The molecule has 0 aliphatic rings. The van der Waals surface area contributed by atoms with Gasteiger partial charge in [-0.05, 0) is 38.5 Å². The fourth-order valence-corrected chi connectivity index (χ4v) is 6.89. The molecule has 0 radical (unpaired) electrons. The molecule has 0 saturated carbocycles. The van der Waals surface area contributed by atoms with E-state index in [1.54, 1.807) is 0 Å². The van der Waals surface area contributed by atoms with Gasteiger partial charge in [0.2, 0.25) is 5.91 Å². The zero-order valence-electron chi connectivity index (χ0n) is 32.8. The third kappa shape index (κ3) is 36.4. The summed E-state index contributed by atoms with van der Waals surface area (Å²) in [5, 5.41) is 23.1. The Labute approximate surface area is 301 Å². The third-order valence-electron chi connectivity index (χ3n) is 10.3. The second-order valence-electron chi connectivity index (χ2n) is 15.1. The summed E-state index contributed by atoms with van der Waals surface area (Å²) in [4.78, 5) is 12.4. The van der Waals surface area contributed by atoms with E-state index in [1.165, 1.54) is 193 Å². The first kappa shape index (κ1) is 47.1. The van der Waals surface area contributed by atoms with Gasteiger partial charge in [-0.15, -0.1) is 0 Å². The summed E-state index contributed by atoms with van der Waals surface area (Å²) in [7, 11) is 0. The first-order valence-electron chi connectivity index (χ1n) is 21.9. The summed E-state index contributed by atoms with van der Waals surface area (Å²) in [5.41, 5.74) is 0. The number of nitrogens with one attached hydrogen (secondary N) is 1. The highest BCUT2D eigenvalue weighted by Crippen LogP contribution is 2.16. The number of unbranched alkanes of at least 4 members (excludes halogenated alkanes) is 31. The van der Waals surface area contributed by atoms with Gasteiger partial charge in [-0.25, -0.2) is 0 Å². The molecule has 0 aromatic carbocycles. The Morgan fingerprint density at radius 3 is 1.15 bits per heavy atom. The average molecular weight is 678 g/mol. The monoisotopic (exact) mass is 678 g/mol. The normalized spacial score (nSPS) is 13.0. The number of carbonyl (C=O) groups excluding carboxylic acids is 1. The number of aliphatic hydroxyl groups is 2. The molecule has 0 rings (SSSR count). The minimum absolute atomic E-state index is 0.0327. The van der Waals surface area contributed by atoms with Gasteiger partial charge < -0.3 is 15.5 Å². The number of hydrogen-bond acceptors (Lipinski definition) is 3. The summed E-state index contributed by atoms with van der Waals surface area (Å²) in [5.74, 6) is -0.0327. The van der Waals surface area contributed by atoms with Crippen LogP contribution in [0.1, 0.15) is 245 Å². The predicted octanol–water partition coefficient (Wildman–Crippen LogP) is 13.5. The number of carbonyl (C=O) groups is 1. The van der Waals surface area contributed by atoms with Gasteiger partial charge in [-0.3, -0.25) is 4.79 Å². The molecule has 2 atom stereocenters. The van der Waals surface area contributed by atoms with Gasteiger partial charge in [0.05, 0.1) is 18.8 Å². The van der Waals surface area contributed by atoms with E-state index in [4.69, 9.17) is 0 Å². The van der Waals surface area contributed by atoms with Crippen LogP contribution in [0.15, 0.2) is 12.2 Å². The summed E-state index contributed by atoms with van der Waals surface area (Å²) in [6.45, 7) is 4.36. The standard InChI is InChI=1S/C44H87NO3/c1-3-5-7-9-11-13-15-17-18-19-20-21-22-23-24-25-26-27-28-30-32-34-36-38-40-44(48)45-42(41-46)43(47)39-37-35-33-31-29-16-14-12-10-8-6-4-2/h23-24,42-43,46-47H,3-22,25-41H2,1-2H3,(H,45,48)/b24-23-. The minimum atomic E-state index is -0.656. The lowest BCUT2D eigenvalue weighted by atomic mass is 10.0. The van der Waals surface area contributed by atoms with Gasteiger partial charge in [-0.2, -0.15) is 0 Å². The van der Waals surface area contributed by atoms with Crippen molar-refractivity contribution in [3.05, 3.63) is 12.2 Å². The average Bonchev–Trinajstić information content (AvgIpc) is 3.09. The molecule has 0 aliphatic heterocycles. The van der Waals surface area contributed by atoms with Gasteiger partial charge in [0.1, 0.15) is 0 Å². The summed E-state index contributed by atoms with van der Waals surface area (Å²) in [6, 6.07) is -0.533. The SMILES string of the molecule is CCCCCCCCCCCCCC/C=C\CCCCCCCCCCC(=O)NC(CO)C(O)CCCCCCCCCCCCCC.